The van der Waals surface area contributed by atoms with Gasteiger partial charge in [-0.3, -0.25) is 4.79 Å². The lowest BCUT2D eigenvalue weighted by Crippen LogP contribution is -2.45. The summed E-state index contributed by atoms with van der Waals surface area (Å²) in [4.78, 5) is 35.5. The number of nitrogens with one attached hydrogen (secondary N) is 1. The number of carbonyl (C=O) groups is 2. The smallest absolute Gasteiger partial charge is 0.344 e. The highest BCUT2D eigenvalue weighted by Crippen LogP contribution is 2.29. The molecule has 3 rings (SSSR count). The number of benzene rings is 1. The third-order valence-corrected chi connectivity index (χ3v) is 5.70. The van der Waals surface area contributed by atoms with E-state index in [0.717, 1.165) is 23.8 Å². The van der Waals surface area contributed by atoms with E-state index in [4.69, 9.17) is 13.9 Å². The minimum Gasteiger partial charge on any atom is -0.482 e. The number of aryl methyl sites for hydroxylation is 1. The molecular formula is C22H27NO6. The van der Waals surface area contributed by atoms with Crippen LogP contribution in [0.1, 0.15) is 38.7 Å². The maximum absolute atomic E-state index is 12.1. The van der Waals surface area contributed by atoms with Crippen molar-refractivity contribution < 1.29 is 23.5 Å². The molecule has 1 saturated carbocycles. The molecule has 0 saturated heterocycles. The van der Waals surface area contributed by atoms with Crippen molar-refractivity contribution in [2.75, 3.05) is 13.2 Å². The third-order valence-electron chi connectivity index (χ3n) is 5.70. The maximum Gasteiger partial charge on any atom is 0.344 e. The number of esters is 1. The standard InChI is InChI=1S/C22H27NO6/c1-13-5-4-6-18(15(13)3)23-20(24)11-28-22(26)12-27-16-7-8-17-14(2)9-21(25)29-19(17)10-16/h7-10,13,15,18H,4-6,11-12H2,1-3H3,(H,23,24). The Morgan fingerprint density at radius 2 is 1.97 bits per heavy atom. The molecule has 1 N–H and O–H groups in total. The summed E-state index contributed by atoms with van der Waals surface area (Å²) < 4.78 is 15.6. The Balaban J connectivity index is 1.47. The molecule has 1 aromatic heterocycles. The van der Waals surface area contributed by atoms with Crippen LogP contribution in [0.5, 0.6) is 5.75 Å². The first kappa shape index (κ1) is 20.9. The van der Waals surface area contributed by atoms with Gasteiger partial charge in [-0.1, -0.05) is 26.7 Å². The van der Waals surface area contributed by atoms with Gasteiger partial charge in [0.15, 0.2) is 13.2 Å². The van der Waals surface area contributed by atoms with Gasteiger partial charge in [0.1, 0.15) is 11.3 Å². The van der Waals surface area contributed by atoms with Crippen molar-refractivity contribution in [3.8, 4) is 5.75 Å². The van der Waals surface area contributed by atoms with E-state index >= 15 is 0 Å². The van der Waals surface area contributed by atoms with Gasteiger partial charge in [0.2, 0.25) is 0 Å². The summed E-state index contributed by atoms with van der Waals surface area (Å²) in [6, 6.07) is 6.53. The lowest BCUT2D eigenvalue weighted by molar-refractivity contribution is -0.150. The van der Waals surface area contributed by atoms with Gasteiger partial charge in [0.05, 0.1) is 0 Å². The summed E-state index contributed by atoms with van der Waals surface area (Å²) >= 11 is 0. The second kappa shape index (κ2) is 9.11. The van der Waals surface area contributed by atoms with E-state index in [1.807, 2.05) is 6.92 Å². The fraction of sp³-hybridized carbons (Fsp3) is 0.500. The van der Waals surface area contributed by atoms with Crippen LogP contribution in [0.25, 0.3) is 11.0 Å². The molecule has 156 valence electrons. The van der Waals surface area contributed by atoms with E-state index in [-0.39, 0.29) is 25.2 Å². The van der Waals surface area contributed by atoms with Crippen molar-refractivity contribution in [1.29, 1.82) is 0 Å². The third kappa shape index (κ3) is 5.37. The van der Waals surface area contributed by atoms with Crippen molar-refractivity contribution in [3.05, 3.63) is 40.2 Å². The normalized spacial score (nSPS) is 21.6. The van der Waals surface area contributed by atoms with Crippen molar-refractivity contribution in [2.45, 2.75) is 46.1 Å². The first-order valence-electron chi connectivity index (χ1n) is 9.96. The van der Waals surface area contributed by atoms with Gasteiger partial charge in [-0.15, -0.1) is 0 Å². The second-order valence-electron chi connectivity index (χ2n) is 7.80. The molecule has 0 bridgehead atoms. The largest absolute Gasteiger partial charge is 0.482 e. The highest BCUT2D eigenvalue weighted by molar-refractivity contribution is 5.82. The minimum atomic E-state index is -0.643. The highest BCUT2D eigenvalue weighted by Gasteiger charge is 2.28. The molecular weight excluding hydrogens is 374 g/mol. The molecule has 0 radical (unpaired) electrons. The van der Waals surface area contributed by atoms with E-state index in [0.29, 0.717) is 23.2 Å². The number of hydrogen-bond donors (Lipinski definition) is 1. The molecule has 1 aliphatic rings. The van der Waals surface area contributed by atoms with Crippen LogP contribution in [0.4, 0.5) is 0 Å². The van der Waals surface area contributed by atoms with Crippen LogP contribution in [0.3, 0.4) is 0 Å². The summed E-state index contributed by atoms with van der Waals surface area (Å²) in [7, 11) is 0. The number of fused-ring (bicyclic) bond motifs is 1. The molecule has 3 unspecified atom stereocenters. The van der Waals surface area contributed by atoms with Gasteiger partial charge >= 0.3 is 11.6 Å². The zero-order chi connectivity index (χ0) is 21.0. The molecule has 29 heavy (non-hydrogen) atoms. The number of carbonyl (C=O) groups excluding carboxylic acids is 2. The molecule has 3 atom stereocenters. The van der Waals surface area contributed by atoms with Crippen LogP contribution in [0.2, 0.25) is 0 Å². The zero-order valence-corrected chi connectivity index (χ0v) is 17.0. The molecule has 0 spiro atoms. The summed E-state index contributed by atoms with van der Waals surface area (Å²) in [6.07, 6.45) is 3.22. The molecule has 1 heterocycles. The minimum absolute atomic E-state index is 0.122. The molecule has 7 heteroatoms. The van der Waals surface area contributed by atoms with Crippen LogP contribution in [-0.4, -0.2) is 31.1 Å². The Morgan fingerprint density at radius 3 is 2.76 bits per heavy atom. The quantitative estimate of drug-likeness (QED) is 0.591. The Kier molecular flexibility index (Phi) is 6.56. The van der Waals surface area contributed by atoms with Gasteiger partial charge in [-0.05, 0) is 42.9 Å². The Bertz CT molecular complexity index is 950. The molecule has 1 amide bonds. The van der Waals surface area contributed by atoms with E-state index < -0.39 is 11.6 Å². The fourth-order valence-corrected chi connectivity index (χ4v) is 3.76. The molecule has 1 aliphatic carbocycles. The van der Waals surface area contributed by atoms with Crippen LogP contribution >= 0.6 is 0 Å². The van der Waals surface area contributed by atoms with Gasteiger partial charge < -0.3 is 19.2 Å². The predicted octanol–water partition coefficient (Wildman–Crippen LogP) is 2.96. The average molecular weight is 401 g/mol. The summed E-state index contributed by atoms with van der Waals surface area (Å²) in [6.45, 7) is 5.48. The molecule has 0 aliphatic heterocycles. The van der Waals surface area contributed by atoms with Gasteiger partial charge in [0.25, 0.3) is 5.91 Å². The highest BCUT2D eigenvalue weighted by atomic mass is 16.6. The Labute approximate surface area is 169 Å². The lowest BCUT2D eigenvalue weighted by Gasteiger charge is -2.34. The molecule has 2 aromatic rings. The number of rotatable bonds is 6. The second-order valence-corrected chi connectivity index (χ2v) is 7.80. The van der Waals surface area contributed by atoms with Crippen molar-refractivity contribution >= 4 is 22.8 Å². The van der Waals surface area contributed by atoms with Crippen LogP contribution in [0.15, 0.2) is 33.5 Å². The topological polar surface area (TPSA) is 94.8 Å². The Hall–Kier alpha value is -2.83. The summed E-state index contributed by atoms with van der Waals surface area (Å²) in [5.41, 5.74) is 0.741. The van der Waals surface area contributed by atoms with E-state index in [9.17, 15) is 14.4 Å². The van der Waals surface area contributed by atoms with E-state index in [2.05, 4.69) is 19.2 Å². The summed E-state index contributed by atoms with van der Waals surface area (Å²) in [5.74, 6) is 0.407. The molecule has 7 nitrogen and oxygen atoms in total. The van der Waals surface area contributed by atoms with Gasteiger partial charge in [0, 0.05) is 23.6 Å². The Morgan fingerprint density at radius 1 is 1.17 bits per heavy atom. The number of amides is 1. The van der Waals surface area contributed by atoms with Crippen LogP contribution in [-0.2, 0) is 14.3 Å². The van der Waals surface area contributed by atoms with Crippen LogP contribution in [0, 0.1) is 18.8 Å². The lowest BCUT2D eigenvalue weighted by atomic mass is 9.78. The first-order valence-corrected chi connectivity index (χ1v) is 9.96. The first-order chi connectivity index (χ1) is 13.8. The van der Waals surface area contributed by atoms with Crippen molar-refractivity contribution in [2.24, 2.45) is 11.8 Å². The number of ether oxygens (including phenoxy) is 2. The fourth-order valence-electron chi connectivity index (χ4n) is 3.76. The van der Waals surface area contributed by atoms with Crippen molar-refractivity contribution in [1.82, 2.24) is 5.32 Å². The summed E-state index contributed by atoms with van der Waals surface area (Å²) in [5, 5.41) is 3.75. The van der Waals surface area contributed by atoms with E-state index in [1.165, 1.54) is 12.5 Å². The van der Waals surface area contributed by atoms with E-state index in [1.54, 1.807) is 18.2 Å². The predicted molar refractivity (Wildman–Crippen MR) is 108 cm³/mol. The maximum atomic E-state index is 12.1. The van der Waals surface area contributed by atoms with Crippen LogP contribution < -0.4 is 15.7 Å². The van der Waals surface area contributed by atoms with Crippen molar-refractivity contribution in [3.63, 3.8) is 0 Å². The zero-order valence-electron chi connectivity index (χ0n) is 17.0. The van der Waals surface area contributed by atoms with Gasteiger partial charge in [-0.2, -0.15) is 0 Å². The monoisotopic (exact) mass is 401 g/mol. The molecule has 1 aromatic carbocycles. The SMILES string of the molecule is Cc1cc(=O)oc2cc(OCC(=O)OCC(=O)NC3CCCC(C)C3C)ccc12. The number of hydrogen-bond acceptors (Lipinski definition) is 6. The average Bonchev–Trinajstić information content (AvgIpc) is 2.68. The van der Waals surface area contributed by atoms with Gasteiger partial charge in [-0.25, -0.2) is 9.59 Å². The molecule has 1 fully saturated rings.